The Bertz CT molecular complexity index is 1460. The zero-order valence-corrected chi connectivity index (χ0v) is 21.7. The number of aryl methyl sites for hydroxylation is 2. The van der Waals surface area contributed by atoms with Crippen molar-refractivity contribution in [1.82, 2.24) is 20.2 Å². The number of ether oxygens (including phenoxy) is 1. The first-order chi connectivity index (χ1) is 17.4. The maximum Gasteiger partial charge on any atom is 0.252 e. The lowest BCUT2D eigenvalue weighted by Gasteiger charge is -2.37. The number of amides is 1. The molecule has 1 saturated heterocycles. The Balaban J connectivity index is 1.30. The molecule has 6 rings (SSSR count). The third kappa shape index (κ3) is 4.27. The largest absolute Gasteiger partial charge is 0.492 e. The molecule has 0 spiro atoms. The van der Waals surface area contributed by atoms with Crippen molar-refractivity contribution in [3.05, 3.63) is 76.6 Å². The fourth-order valence-corrected chi connectivity index (χ4v) is 5.76. The standard InChI is InChI=1S/C29H30N4O2S/c1-18-6-7-22(35-17-21-8-12-33(21)3)15-24(18)28(34)32-29(9-10-29)25-13-20(27-16-31-19(2)36-27)14-26-23(25)5-4-11-30-26/h4-7,11,13-16,21H,8-10,12,17H2,1-3H3,(H,32,34)/t21-/m0/s1. The summed E-state index contributed by atoms with van der Waals surface area (Å²) in [7, 11) is 2.12. The first-order valence-electron chi connectivity index (χ1n) is 12.5. The molecule has 1 amide bonds. The Labute approximate surface area is 215 Å². The van der Waals surface area contributed by atoms with E-state index in [4.69, 9.17) is 4.74 Å². The number of hydrogen-bond donors (Lipinski definition) is 1. The smallest absolute Gasteiger partial charge is 0.252 e. The molecule has 184 valence electrons. The lowest BCUT2D eigenvalue weighted by molar-refractivity contribution is 0.0767. The fraction of sp³-hybridized carbons (Fsp3) is 0.345. The zero-order valence-electron chi connectivity index (χ0n) is 20.9. The number of likely N-dealkylation sites (tertiary alicyclic amines) is 1. The molecule has 7 heteroatoms. The number of carbonyl (C=O) groups is 1. The van der Waals surface area contributed by atoms with Crippen LogP contribution >= 0.6 is 11.3 Å². The van der Waals surface area contributed by atoms with Crippen molar-refractivity contribution < 1.29 is 9.53 Å². The van der Waals surface area contributed by atoms with E-state index in [2.05, 4.69) is 45.4 Å². The van der Waals surface area contributed by atoms with Crippen LogP contribution in [0.2, 0.25) is 0 Å². The molecule has 2 fully saturated rings. The Morgan fingerprint density at radius 3 is 2.75 bits per heavy atom. The molecule has 1 saturated carbocycles. The Morgan fingerprint density at radius 1 is 1.19 bits per heavy atom. The molecular weight excluding hydrogens is 468 g/mol. The molecule has 6 nitrogen and oxygen atoms in total. The van der Waals surface area contributed by atoms with Crippen LogP contribution in [0.15, 0.2) is 54.9 Å². The van der Waals surface area contributed by atoms with Crippen LogP contribution in [0.3, 0.4) is 0 Å². The summed E-state index contributed by atoms with van der Waals surface area (Å²) in [5.74, 6) is 0.681. The van der Waals surface area contributed by atoms with Crippen molar-refractivity contribution in [2.75, 3.05) is 20.2 Å². The van der Waals surface area contributed by atoms with Crippen LogP contribution in [0.5, 0.6) is 5.75 Å². The number of fused-ring (bicyclic) bond motifs is 1. The summed E-state index contributed by atoms with van der Waals surface area (Å²) < 4.78 is 6.05. The predicted molar refractivity (Wildman–Crippen MR) is 144 cm³/mol. The molecule has 1 aliphatic heterocycles. The molecule has 3 heterocycles. The van der Waals surface area contributed by atoms with Gasteiger partial charge in [-0.05, 0) is 93.7 Å². The van der Waals surface area contributed by atoms with Gasteiger partial charge in [0, 0.05) is 29.4 Å². The van der Waals surface area contributed by atoms with Gasteiger partial charge in [0.1, 0.15) is 12.4 Å². The van der Waals surface area contributed by atoms with Crippen LogP contribution in [-0.4, -0.2) is 47.0 Å². The molecule has 0 bridgehead atoms. The molecular formula is C29H30N4O2S. The van der Waals surface area contributed by atoms with Gasteiger partial charge in [0.05, 0.1) is 20.9 Å². The summed E-state index contributed by atoms with van der Waals surface area (Å²) in [4.78, 5) is 26.1. The summed E-state index contributed by atoms with van der Waals surface area (Å²) in [5, 5.41) is 5.51. The number of rotatable bonds is 7. The van der Waals surface area contributed by atoms with E-state index >= 15 is 0 Å². The summed E-state index contributed by atoms with van der Waals surface area (Å²) in [5.41, 5.74) is 4.36. The van der Waals surface area contributed by atoms with Gasteiger partial charge in [-0.25, -0.2) is 4.98 Å². The van der Waals surface area contributed by atoms with E-state index in [1.165, 1.54) is 0 Å². The highest BCUT2D eigenvalue weighted by atomic mass is 32.1. The lowest BCUT2D eigenvalue weighted by Crippen LogP contribution is -2.48. The van der Waals surface area contributed by atoms with Crippen molar-refractivity contribution in [3.63, 3.8) is 0 Å². The number of hydrogen-bond acceptors (Lipinski definition) is 6. The zero-order chi connectivity index (χ0) is 24.9. The minimum absolute atomic E-state index is 0.0627. The van der Waals surface area contributed by atoms with Gasteiger partial charge >= 0.3 is 0 Å². The summed E-state index contributed by atoms with van der Waals surface area (Å²) in [6.07, 6.45) is 6.69. The van der Waals surface area contributed by atoms with Gasteiger partial charge in [-0.1, -0.05) is 12.1 Å². The van der Waals surface area contributed by atoms with Crippen molar-refractivity contribution in [2.45, 2.75) is 44.7 Å². The second-order valence-electron chi connectivity index (χ2n) is 10.1. The van der Waals surface area contributed by atoms with E-state index in [0.717, 1.165) is 69.0 Å². The number of thiazole rings is 1. The predicted octanol–water partition coefficient (Wildman–Crippen LogP) is 5.48. The number of aromatic nitrogens is 2. The van der Waals surface area contributed by atoms with Gasteiger partial charge in [-0.3, -0.25) is 14.7 Å². The second-order valence-corrected chi connectivity index (χ2v) is 11.3. The van der Waals surface area contributed by atoms with Crippen LogP contribution in [0.4, 0.5) is 0 Å². The number of nitrogens with zero attached hydrogens (tertiary/aromatic N) is 3. The quantitative estimate of drug-likeness (QED) is 0.366. The lowest BCUT2D eigenvalue weighted by atomic mass is 9.95. The molecule has 1 N–H and O–H groups in total. The summed E-state index contributed by atoms with van der Waals surface area (Å²) in [6.45, 7) is 5.75. The number of pyridine rings is 1. The first-order valence-corrected chi connectivity index (χ1v) is 13.3. The average molecular weight is 499 g/mol. The van der Waals surface area contributed by atoms with Gasteiger partial charge in [0.25, 0.3) is 5.91 Å². The van der Waals surface area contributed by atoms with Gasteiger partial charge in [0.2, 0.25) is 0 Å². The maximum atomic E-state index is 13.6. The van der Waals surface area contributed by atoms with Gasteiger partial charge < -0.3 is 10.1 Å². The second kappa shape index (κ2) is 8.98. The highest BCUT2D eigenvalue weighted by Gasteiger charge is 2.47. The van der Waals surface area contributed by atoms with Crippen LogP contribution in [-0.2, 0) is 5.54 Å². The monoisotopic (exact) mass is 498 g/mol. The molecule has 0 unspecified atom stereocenters. The van der Waals surface area contributed by atoms with Crippen LogP contribution in [0, 0.1) is 13.8 Å². The normalized spacial score (nSPS) is 18.6. The van der Waals surface area contributed by atoms with E-state index in [-0.39, 0.29) is 5.91 Å². The maximum absolute atomic E-state index is 13.6. The average Bonchev–Trinajstić information content (AvgIpc) is 3.52. The highest BCUT2D eigenvalue weighted by molar-refractivity contribution is 7.15. The SMILES string of the molecule is Cc1ncc(-c2cc(C3(NC(=O)c4cc(OC[C@@H]5CCN5C)ccc4C)CC3)c3cccnc3c2)s1. The van der Waals surface area contributed by atoms with E-state index in [0.29, 0.717) is 18.2 Å². The Hall–Kier alpha value is -3.29. The Kier molecular flexibility index (Phi) is 5.77. The van der Waals surface area contributed by atoms with Crippen molar-refractivity contribution >= 4 is 28.1 Å². The van der Waals surface area contributed by atoms with E-state index in [9.17, 15) is 4.79 Å². The molecule has 2 aliphatic rings. The highest BCUT2D eigenvalue weighted by Crippen LogP contribution is 2.49. The molecule has 2 aromatic carbocycles. The van der Waals surface area contributed by atoms with Crippen LogP contribution in [0.1, 0.15) is 45.8 Å². The van der Waals surface area contributed by atoms with Crippen molar-refractivity contribution in [3.8, 4) is 16.2 Å². The minimum atomic E-state index is -0.397. The van der Waals surface area contributed by atoms with Crippen LogP contribution in [0.25, 0.3) is 21.3 Å². The molecule has 1 atom stereocenters. The fourth-order valence-electron chi connectivity index (χ4n) is 5.00. The molecule has 0 radical (unpaired) electrons. The summed E-state index contributed by atoms with van der Waals surface area (Å²) in [6, 6.07) is 14.7. The first kappa shape index (κ1) is 23.1. The number of likely N-dealkylation sites (N-methyl/N-ethyl adjacent to an activating group) is 1. The number of nitrogens with one attached hydrogen (secondary N) is 1. The van der Waals surface area contributed by atoms with Gasteiger partial charge in [0.15, 0.2) is 0 Å². The molecule has 1 aliphatic carbocycles. The molecule has 2 aromatic heterocycles. The van der Waals surface area contributed by atoms with E-state index in [1.807, 2.05) is 50.5 Å². The molecule has 4 aromatic rings. The van der Waals surface area contributed by atoms with Crippen LogP contribution < -0.4 is 10.1 Å². The van der Waals surface area contributed by atoms with E-state index < -0.39 is 5.54 Å². The van der Waals surface area contributed by atoms with Gasteiger partial charge in [-0.2, -0.15) is 0 Å². The van der Waals surface area contributed by atoms with E-state index in [1.54, 1.807) is 11.3 Å². The van der Waals surface area contributed by atoms with Gasteiger partial charge in [-0.15, -0.1) is 11.3 Å². The third-order valence-electron chi connectivity index (χ3n) is 7.58. The third-order valence-corrected chi connectivity index (χ3v) is 8.54. The van der Waals surface area contributed by atoms with Crippen molar-refractivity contribution in [1.29, 1.82) is 0 Å². The minimum Gasteiger partial charge on any atom is -0.492 e. The number of carbonyl (C=O) groups excluding carboxylic acids is 1. The van der Waals surface area contributed by atoms with Crippen molar-refractivity contribution in [2.24, 2.45) is 0 Å². The molecule has 36 heavy (non-hydrogen) atoms. The topological polar surface area (TPSA) is 67.3 Å². The number of benzene rings is 2. The Morgan fingerprint density at radius 2 is 2.06 bits per heavy atom. The summed E-state index contributed by atoms with van der Waals surface area (Å²) >= 11 is 1.67.